The summed E-state index contributed by atoms with van der Waals surface area (Å²) in [6, 6.07) is 0. The van der Waals surface area contributed by atoms with Crippen LogP contribution in [0.4, 0.5) is 0 Å². The summed E-state index contributed by atoms with van der Waals surface area (Å²) in [7, 11) is -9.44. The van der Waals surface area contributed by atoms with E-state index in [1.807, 2.05) is 0 Å². The zero-order chi connectivity index (χ0) is 81.8. The van der Waals surface area contributed by atoms with Gasteiger partial charge in [-0.1, -0.05) is 368 Å². The lowest BCUT2D eigenvalue weighted by Gasteiger charge is -2.27. The number of hydrogen-bond donors (Lipinski definition) is 4. The average molecular weight is 1610 g/mol. The van der Waals surface area contributed by atoms with Crippen molar-refractivity contribution in [2.75, 3.05) is 79.3 Å². The van der Waals surface area contributed by atoms with Crippen molar-refractivity contribution in [1.29, 1.82) is 0 Å². The van der Waals surface area contributed by atoms with Crippen molar-refractivity contribution in [2.24, 2.45) is 94.7 Å². The molecule has 0 aromatic carbocycles. The van der Waals surface area contributed by atoms with Gasteiger partial charge in [0, 0.05) is 26.4 Å². The molecule has 0 bridgehead atoms. The number of rotatable bonds is 14. The minimum atomic E-state index is -4.72. The molecule has 18 heteroatoms. The van der Waals surface area contributed by atoms with Crippen LogP contribution in [0.1, 0.15) is 393 Å². The Morgan fingerprint density at radius 1 is 0.273 bits per heavy atom. The second-order valence-corrected chi connectivity index (χ2v) is 40.9. The third-order valence-electron chi connectivity index (χ3n) is 25.2. The van der Waals surface area contributed by atoms with E-state index < -0.39 is 66.5 Å². The minimum absolute atomic E-state index is 0.220. The number of aliphatic hydroxyl groups is 4. The molecule has 660 valence electrons. The van der Waals surface area contributed by atoms with E-state index in [-0.39, 0.29) is 26.4 Å². The van der Waals surface area contributed by atoms with Gasteiger partial charge in [0.15, 0.2) is 0 Å². The number of phosphoric acid groups is 2. The summed E-state index contributed by atoms with van der Waals surface area (Å²) < 4.78 is 69.9. The SMILES string of the molecule is CC1CCC[C@@H](C)CCC[C@@H](C)CCC[C@@H](C)CCOC[C@@H](COP(=O)([O-])OC[C@H](O)CO)OCC[C@H](C)CCC[C@H](C)CCC[C@H](C)CCCC(C)CCC(C)CCC[C@@H](C)CCC[C@@H](C)CCC[C@@H](C)CCOC[C@@H](COP(=O)([O-])OC[C@H](O)CO)OCC[C@H](C)CCC[C@H](C)CCC[C@H](C)CCCC(C)CC1. The van der Waals surface area contributed by atoms with Gasteiger partial charge >= 0.3 is 0 Å². The van der Waals surface area contributed by atoms with Gasteiger partial charge in [0.1, 0.15) is 24.4 Å². The third kappa shape index (κ3) is 66.8. The Morgan fingerprint density at radius 3 is 0.618 bits per heavy atom. The second kappa shape index (κ2) is 68.6. The lowest BCUT2D eigenvalue weighted by molar-refractivity contribution is -0.231. The summed E-state index contributed by atoms with van der Waals surface area (Å²) in [5, 5.41) is 37.6. The van der Waals surface area contributed by atoms with E-state index in [1.165, 1.54) is 244 Å². The van der Waals surface area contributed by atoms with E-state index in [2.05, 4.69) is 111 Å². The molecular formula is C92H184O16P2-2. The lowest BCUT2D eigenvalue weighted by Crippen LogP contribution is -2.28. The number of ether oxygens (including phenoxy) is 4. The van der Waals surface area contributed by atoms with Crippen LogP contribution in [0.2, 0.25) is 0 Å². The first kappa shape index (κ1) is 108. The predicted molar refractivity (Wildman–Crippen MR) is 456 cm³/mol. The van der Waals surface area contributed by atoms with E-state index in [0.717, 1.165) is 97.7 Å². The molecule has 0 aromatic rings. The maximum Gasteiger partial charge on any atom is 0.268 e. The van der Waals surface area contributed by atoms with Crippen molar-refractivity contribution in [2.45, 2.75) is 418 Å². The molecule has 1 heterocycles. The molecule has 0 aromatic heterocycles. The Hall–Kier alpha value is -0.100. The van der Waals surface area contributed by atoms with Crippen LogP contribution in [0, 0.1) is 94.7 Å². The van der Waals surface area contributed by atoms with Gasteiger partial charge in [-0.15, -0.1) is 0 Å². The van der Waals surface area contributed by atoms with Gasteiger partial charge in [-0.25, -0.2) is 0 Å². The topological polar surface area (TPSA) is 235 Å². The molecule has 0 saturated carbocycles. The summed E-state index contributed by atoms with van der Waals surface area (Å²) >= 11 is 0. The van der Waals surface area contributed by atoms with E-state index in [9.17, 15) is 29.1 Å². The van der Waals surface area contributed by atoms with Gasteiger partial charge in [0.2, 0.25) is 0 Å². The van der Waals surface area contributed by atoms with Crippen molar-refractivity contribution >= 4 is 15.6 Å². The summed E-state index contributed by atoms with van der Waals surface area (Å²) in [5.74, 6) is 11.2. The fourth-order valence-electron chi connectivity index (χ4n) is 16.3. The normalized spacial score (nSPS) is 33.9. The van der Waals surface area contributed by atoms with Crippen molar-refractivity contribution in [3.8, 4) is 0 Å². The van der Waals surface area contributed by atoms with Crippen molar-refractivity contribution < 1.29 is 76.4 Å². The number of phosphoric ester groups is 2. The molecule has 16 nitrogen and oxygen atoms in total. The molecule has 0 amide bonds. The Balaban J connectivity index is 2.79. The zero-order valence-corrected chi connectivity index (χ0v) is 76.5. The molecule has 6 unspecified atom stereocenters. The first-order chi connectivity index (χ1) is 52.4. The highest BCUT2D eigenvalue weighted by Gasteiger charge is 2.23. The lowest BCUT2D eigenvalue weighted by atomic mass is 9.88. The molecule has 0 radical (unpaired) electrons. The summed E-state index contributed by atoms with van der Waals surface area (Å²) in [5.41, 5.74) is 0. The highest BCUT2D eigenvalue weighted by atomic mass is 31.2. The van der Waals surface area contributed by atoms with E-state index in [0.29, 0.717) is 61.9 Å². The van der Waals surface area contributed by atoms with Crippen LogP contribution in [0.25, 0.3) is 0 Å². The Morgan fingerprint density at radius 2 is 0.436 bits per heavy atom. The van der Waals surface area contributed by atoms with Crippen LogP contribution in [0.15, 0.2) is 0 Å². The molecule has 1 fully saturated rings. The summed E-state index contributed by atoms with van der Waals surface area (Å²) in [6.07, 6.45) is 51.5. The first-order valence-electron chi connectivity index (χ1n) is 46.5. The monoisotopic (exact) mass is 1610 g/mol. The minimum Gasteiger partial charge on any atom is -0.756 e. The molecule has 0 aliphatic carbocycles. The fourth-order valence-corrected chi connectivity index (χ4v) is 17.8. The van der Waals surface area contributed by atoms with Crippen molar-refractivity contribution in [3.63, 3.8) is 0 Å². The molecule has 1 saturated heterocycles. The number of aliphatic hydroxyl groups excluding tert-OH is 4. The van der Waals surface area contributed by atoms with Gasteiger partial charge in [-0.2, -0.15) is 0 Å². The predicted octanol–water partition coefficient (Wildman–Crippen LogP) is 23.9. The molecule has 4 N–H and O–H groups in total. The maximum atomic E-state index is 12.6. The van der Waals surface area contributed by atoms with Crippen molar-refractivity contribution in [3.05, 3.63) is 0 Å². The van der Waals surface area contributed by atoms with Gasteiger partial charge in [-0.3, -0.25) is 9.13 Å². The third-order valence-corrected chi connectivity index (χ3v) is 27.0. The highest BCUT2D eigenvalue weighted by Crippen LogP contribution is 2.40. The largest absolute Gasteiger partial charge is 0.756 e. The second-order valence-electron chi connectivity index (χ2n) is 38.0. The summed E-state index contributed by atoms with van der Waals surface area (Å²) in [6.45, 7) is 38.3. The van der Waals surface area contributed by atoms with Gasteiger partial charge in [0.25, 0.3) is 15.6 Å². The fraction of sp³-hybridized carbons (Fsp3) is 1.00. The molecular weight excluding hydrogens is 1420 g/mol. The molecule has 1 aliphatic heterocycles. The molecule has 0 spiro atoms. The molecule has 22 atom stereocenters. The van der Waals surface area contributed by atoms with Crippen LogP contribution in [0.3, 0.4) is 0 Å². The quantitative estimate of drug-likeness (QED) is 0.118. The van der Waals surface area contributed by atoms with Crippen molar-refractivity contribution in [1.82, 2.24) is 0 Å². The zero-order valence-electron chi connectivity index (χ0n) is 74.7. The van der Waals surface area contributed by atoms with Gasteiger partial charge in [0.05, 0.1) is 52.9 Å². The van der Waals surface area contributed by atoms with Gasteiger partial charge < -0.3 is 67.3 Å². The van der Waals surface area contributed by atoms with Gasteiger partial charge in [-0.05, 0) is 120 Å². The highest BCUT2D eigenvalue weighted by molar-refractivity contribution is 7.46. The van der Waals surface area contributed by atoms with Crippen LogP contribution in [0.5, 0.6) is 0 Å². The Kier molecular flexibility index (Phi) is 67.3. The standard InChI is InChI=1S/C92H186O16P2/c1-73-29-17-33-77(5)41-25-49-85(13)57-61-101-69-91(71-107-109(97,98)105-67-89(95)65-93)103-63-59-87(15)52-28-44-80(8)36-20-32-76(4)40-24-48-84(12)56-54-82(10)46-22-38-74(2)30-18-34-78(6)42-26-50-86(14)58-62-102-70-92(72-108-110(99,100)106-68-90(96)66-94)104-64-60-88(16)51-27-43-79(7)35-19-31-75(3)39-23-47-83(11)55-53-81(9)45-21-37-73/h73-96H,17-72H2,1-16H3,(H,97,98)(H,99,100)/p-2/t73-,74-,75-,76-,77+,78+,79+,80+,81?,82?,83?,84?,85+,86+,87+,88+,89+,90+,91-,92-/m0/s1. The maximum absolute atomic E-state index is 12.6. The number of hydrogen-bond acceptors (Lipinski definition) is 16. The smallest absolute Gasteiger partial charge is 0.268 e. The Bertz CT molecular complexity index is 1990. The molecule has 110 heavy (non-hydrogen) atoms. The summed E-state index contributed by atoms with van der Waals surface area (Å²) in [4.78, 5) is 25.1. The first-order valence-corrected chi connectivity index (χ1v) is 49.5. The van der Waals surface area contributed by atoms with E-state index >= 15 is 0 Å². The van der Waals surface area contributed by atoms with Crippen LogP contribution in [-0.2, 0) is 46.2 Å². The van der Waals surface area contributed by atoms with E-state index in [1.54, 1.807) is 0 Å². The van der Waals surface area contributed by atoms with Crippen LogP contribution < -0.4 is 9.79 Å². The van der Waals surface area contributed by atoms with E-state index in [4.69, 9.17) is 47.3 Å². The molecule has 1 rings (SSSR count). The average Bonchev–Trinajstić information content (AvgIpc) is 0.912. The molecule has 1 aliphatic rings. The van der Waals surface area contributed by atoms with Crippen LogP contribution >= 0.6 is 15.6 Å². The Labute approximate surface area is 680 Å². The van der Waals surface area contributed by atoms with Crippen LogP contribution in [-0.4, -0.2) is 124 Å².